The number of anilines is 1. The SMILES string of the molecule is Cc1ccc(Cn2cc(NC(=S)N(C)Cc3cnn(C)c3C)cn2)cc1. The van der Waals surface area contributed by atoms with E-state index in [1.807, 2.05) is 40.8 Å². The first kappa shape index (κ1) is 18.1. The third-order valence-electron chi connectivity index (χ3n) is 4.44. The van der Waals surface area contributed by atoms with E-state index in [4.69, 9.17) is 12.2 Å². The van der Waals surface area contributed by atoms with Gasteiger partial charge in [-0.1, -0.05) is 29.8 Å². The Morgan fingerprint density at radius 3 is 2.54 bits per heavy atom. The lowest BCUT2D eigenvalue weighted by molar-refractivity contribution is 0.506. The van der Waals surface area contributed by atoms with Crippen molar-refractivity contribution in [1.29, 1.82) is 0 Å². The number of aryl methyl sites for hydroxylation is 2. The Labute approximate surface area is 159 Å². The average molecular weight is 369 g/mol. The fourth-order valence-corrected chi connectivity index (χ4v) is 2.82. The van der Waals surface area contributed by atoms with E-state index in [-0.39, 0.29) is 0 Å². The summed E-state index contributed by atoms with van der Waals surface area (Å²) < 4.78 is 3.77. The molecule has 7 heteroatoms. The van der Waals surface area contributed by atoms with Gasteiger partial charge in [-0.3, -0.25) is 9.36 Å². The number of nitrogens with one attached hydrogen (secondary N) is 1. The first-order valence-corrected chi connectivity index (χ1v) is 8.91. The maximum Gasteiger partial charge on any atom is 0.173 e. The van der Waals surface area contributed by atoms with Gasteiger partial charge in [0.25, 0.3) is 0 Å². The molecule has 1 aromatic carbocycles. The van der Waals surface area contributed by atoms with E-state index in [1.54, 1.807) is 6.20 Å². The molecule has 0 radical (unpaired) electrons. The smallest absolute Gasteiger partial charge is 0.173 e. The first-order chi connectivity index (χ1) is 12.4. The molecular weight excluding hydrogens is 344 g/mol. The van der Waals surface area contributed by atoms with Crippen molar-refractivity contribution in [2.75, 3.05) is 12.4 Å². The van der Waals surface area contributed by atoms with Crippen LogP contribution in [0.2, 0.25) is 0 Å². The molecule has 0 unspecified atom stereocenters. The van der Waals surface area contributed by atoms with Crippen LogP contribution in [0.1, 0.15) is 22.4 Å². The lowest BCUT2D eigenvalue weighted by Crippen LogP contribution is -2.30. The molecule has 0 fully saturated rings. The van der Waals surface area contributed by atoms with Crippen molar-refractivity contribution in [3.63, 3.8) is 0 Å². The molecule has 136 valence electrons. The monoisotopic (exact) mass is 368 g/mol. The minimum Gasteiger partial charge on any atom is -0.348 e. The second-order valence-corrected chi connectivity index (χ2v) is 6.96. The van der Waals surface area contributed by atoms with E-state index in [9.17, 15) is 0 Å². The van der Waals surface area contributed by atoms with Crippen molar-refractivity contribution in [3.05, 3.63) is 65.2 Å². The normalized spacial score (nSPS) is 10.8. The van der Waals surface area contributed by atoms with Gasteiger partial charge in [0.15, 0.2) is 5.11 Å². The number of nitrogens with zero attached hydrogens (tertiary/aromatic N) is 5. The van der Waals surface area contributed by atoms with Crippen molar-refractivity contribution in [3.8, 4) is 0 Å². The molecule has 0 saturated heterocycles. The Morgan fingerprint density at radius 2 is 1.88 bits per heavy atom. The fraction of sp³-hybridized carbons (Fsp3) is 0.316. The maximum atomic E-state index is 5.51. The zero-order valence-electron chi connectivity index (χ0n) is 15.6. The summed E-state index contributed by atoms with van der Waals surface area (Å²) in [5.74, 6) is 0. The van der Waals surface area contributed by atoms with Gasteiger partial charge < -0.3 is 10.2 Å². The highest BCUT2D eigenvalue weighted by atomic mass is 32.1. The maximum absolute atomic E-state index is 5.51. The van der Waals surface area contributed by atoms with E-state index < -0.39 is 0 Å². The van der Waals surface area contributed by atoms with Gasteiger partial charge in [-0.15, -0.1) is 0 Å². The molecule has 0 amide bonds. The summed E-state index contributed by atoms with van der Waals surface area (Å²) in [7, 11) is 3.91. The van der Waals surface area contributed by atoms with Gasteiger partial charge >= 0.3 is 0 Å². The second-order valence-electron chi connectivity index (χ2n) is 6.58. The molecule has 0 bridgehead atoms. The van der Waals surface area contributed by atoms with Crippen molar-refractivity contribution in [2.24, 2.45) is 7.05 Å². The van der Waals surface area contributed by atoms with Crippen LogP contribution in [0, 0.1) is 13.8 Å². The van der Waals surface area contributed by atoms with Crippen molar-refractivity contribution in [2.45, 2.75) is 26.9 Å². The van der Waals surface area contributed by atoms with Crippen LogP contribution in [0.25, 0.3) is 0 Å². The summed E-state index contributed by atoms with van der Waals surface area (Å²) >= 11 is 5.51. The molecule has 26 heavy (non-hydrogen) atoms. The number of benzene rings is 1. The van der Waals surface area contributed by atoms with Crippen LogP contribution in [0.4, 0.5) is 5.69 Å². The molecule has 0 aliphatic carbocycles. The number of rotatable bonds is 5. The Morgan fingerprint density at radius 1 is 1.15 bits per heavy atom. The minimum absolute atomic E-state index is 0.656. The van der Waals surface area contributed by atoms with Crippen LogP contribution in [-0.2, 0) is 20.1 Å². The van der Waals surface area contributed by atoms with Crippen LogP contribution >= 0.6 is 12.2 Å². The lowest BCUT2D eigenvalue weighted by Gasteiger charge is -2.20. The van der Waals surface area contributed by atoms with Gasteiger partial charge in [0, 0.05) is 38.1 Å². The van der Waals surface area contributed by atoms with Gasteiger partial charge in [0.05, 0.1) is 24.6 Å². The lowest BCUT2D eigenvalue weighted by atomic mass is 10.1. The Kier molecular flexibility index (Phi) is 5.37. The van der Waals surface area contributed by atoms with Gasteiger partial charge in [0.2, 0.25) is 0 Å². The summed E-state index contributed by atoms with van der Waals surface area (Å²) in [4.78, 5) is 2.00. The van der Waals surface area contributed by atoms with Crippen molar-refractivity contribution < 1.29 is 0 Å². The van der Waals surface area contributed by atoms with Gasteiger partial charge in [-0.05, 0) is 31.6 Å². The minimum atomic E-state index is 0.656. The summed E-state index contributed by atoms with van der Waals surface area (Å²) in [5.41, 5.74) is 5.67. The summed E-state index contributed by atoms with van der Waals surface area (Å²) in [5, 5.41) is 12.6. The molecule has 0 atom stereocenters. The van der Waals surface area contributed by atoms with E-state index in [0.29, 0.717) is 11.7 Å². The first-order valence-electron chi connectivity index (χ1n) is 8.50. The van der Waals surface area contributed by atoms with Crippen LogP contribution in [0.5, 0.6) is 0 Å². The zero-order valence-corrected chi connectivity index (χ0v) is 16.4. The fourth-order valence-electron chi connectivity index (χ4n) is 2.64. The number of hydrogen-bond donors (Lipinski definition) is 1. The molecule has 0 saturated carbocycles. The van der Waals surface area contributed by atoms with Gasteiger partial charge in [-0.25, -0.2) is 0 Å². The number of aromatic nitrogens is 4. The standard InChI is InChI=1S/C19H24N6S/c1-14-5-7-16(8-6-14)11-25-13-18(10-21-25)22-19(26)23(3)12-17-9-20-24(4)15(17)2/h5-10,13H,11-12H2,1-4H3,(H,22,26). The summed E-state index contributed by atoms with van der Waals surface area (Å²) in [6.45, 7) is 5.59. The molecule has 2 aromatic heterocycles. The number of hydrogen-bond acceptors (Lipinski definition) is 3. The predicted molar refractivity (Wildman–Crippen MR) is 108 cm³/mol. The molecular formula is C19H24N6S. The molecule has 3 rings (SSSR count). The zero-order chi connectivity index (χ0) is 18.7. The predicted octanol–water partition coefficient (Wildman–Crippen LogP) is 3.11. The molecule has 2 heterocycles. The van der Waals surface area contributed by atoms with Crippen LogP contribution in [-0.4, -0.2) is 36.6 Å². The molecule has 3 aromatic rings. The average Bonchev–Trinajstić information content (AvgIpc) is 3.18. The van der Waals surface area contributed by atoms with Gasteiger partial charge in [0.1, 0.15) is 0 Å². The molecule has 0 aliphatic heterocycles. The quantitative estimate of drug-likeness (QED) is 0.701. The Hall–Kier alpha value is -2.67. The Balaban J connectivity index is 1.58. The summed E-state index contributed by atoms with van der Waals surface area (Å²) in [6.07, 6.45) is 5.65. The van der Waals surface area contributed by atoms with E-state index in [0.717, 1.165) is 23.5 Å². The van der Waals surface area contributed by atoms with E-state index >= 15 is 0 Å². The third kappa shape index (κ3) is 4.29. The van der Waals surface area contributed by atoms with Crippen LogP contribution in [0.3, 0.4) is 0 Å². The van der Waals surface area contributed by atoms with Crippen LogP contribution in [0.15, 0.2) is 42.9 Å². The number of thiocarbonyl (C=S) groups is 1. The van der Waals surface area contributed by atoms with Crippen molar-refractivity contribution in [1.82, 2.24) is 24.5 Å². The van der Waals surface area contributed by atoms with Crippen LogP contribution < -0.4 is 5.32 Å². The molecule has 0 spiro atoms. The largest absolute Gasteiger partial charge is 0.348 e. The second kappa shape index (κ2) is 7.70. The molecule has 6 nitrogen and oxygen atoms in total. The van der Waals surface area contributed by atoms with E-state index in [1.165, 1.54) is 11.1 Å². The molecule has 0 aliphatic rings. The third-order valence-corrected chi connectivity index (χ3v) is 4.85. The molecule has 1 N–H and O–H groups in total. The van der Waals surface area contributed by atoms with E-state index in [2.05, 4.69) is 53.6 Å². The highest BCUT2D eigenvalue weighted by molar-refractivity contribution is 7.80. The van der Waals surface area contributed by atoms with Gasteiger partial charge in [-0.2, -0.15) is 10.2 Å². The Bertz CT molecular complexity index is 893. The highest BCUT2D eigenvalue weighted by Gasteiger charge is 2.11. The highest BCUT2D eigenvalue weighted by Crippen LogP contribution is 2.12. The topological polar surface area (TPSA) is 50.9 Å². The summed E-state index contributed by atoms with van der Waals surface area (Å²) in [6, 6.07) is 8.47. The van der Waals surface area contributed by atoms with Crippen molar-refractivity contribution >= 4 is 23.0 Å².